The maximum absolute atomic E-state index is 11.7. The number of rotatable bonds is 7. The second-order valence-corrected chi connectivity index (χ2v) is 5.07. The van der Waals surface area contributed by atoms with E-state index in [0.717, 1.165) is 31.4 Å². The van der Waals surface area contributed by atoms with Crippen LogP contribution in [0.3, 0.4) is 0 Å². The van der Waals surface area contributed by atoms with Gasteiger partial charge in [-0.25, -0.2) is 0 Å². The van der Waals surface area contributed by atoms with E-state index in [-0.39, 0.29) is 5.91 Å². The number of nitrogens with one attached hydrogen (secondary N) is 1. The Balaban J connectivity index is 2.29. The van der Waals surface area contributed by atoms with Crippen molar-refractivity contribution in [2.75, 3.05) is 12.4 Å². The molecule has 0 radical (unpaired) electrons. The molecule has 0 saturated heterocycles. The van der Waals surface area contributed by atoms with Gasteiger partial charge in [0.05, 0.1) is 6.42 Å². The summed E-state index contributed by atoms with van der Waals surface area (Å²) < 4.78 is 0. The Labute approximate surface area is 115 Å². The van der Waals surface area contributed by atoms with Gasteiger partial charge in [0.2, 0.25) is 5.91 Å². The third-order valence-electron chi connectivity index (χ3n) is 3.07. The first-order valence-corrected chi connectivity index (χ1v) is 7.05. The highest BCUT2D eigenvalue weighted by atomic mass is 35.5. The minimum atomic E-state index is 0.101. The van der Waals surface area contributed by atoms with Gasteiger partial charge in [-0.1, -0.05) is 24.6 Å². The molecule has 0 aliphatic heterocycles. The SMILES string of the molecule is Cc1ccc(CC(=O)NCCCCCCl)cc1C. The highest BCUT2D eigenvalue weighted by Gasteiger charge is 2.03. The molecule has 3 heteroatoms. The molecule has 0 aliphatic carbocycles. The molecular weight excluding hydrogens is 246 g/mol. The van der Waals surface area contributed by atoms with Crippen molar-refractivity contribution in [2.45, 2.75) is 39.5 Å². The molecule has 100 valence electrons. The van der Waals surface area contributed by atoms with Gasteiger partial charge in [0, 0.05) is 12.4 Å². The van der Waals surface area contributed by atoms with Gasteiger partial charge in [-0.05, 0) is 43.4 Å². The van der Waals surface area contributed by atoms with Crippen molar-refractivity contribution < 1.29 is 4.79 Å². The Hall–Kier alpha value is -1.02. The molecule has 0 aliphatic rings. The van der Waals surface area contributed by atoms with Gasteiger partial charge in [0.1, 0.15) is 0 Å². The molecule has 0 heterocycles. The fourth-order valence-electron chi connectivity index (χ4n) is 1.79. The standard InChI is InChI=1S/C15H22ClNO/c1-12-6-7-14(10-13(12)2)11-15(18)17-9-5-3-4-8-16/h6-7,10H,3-5,8-9,11H2,1-2H3,(H,17,18). The quantitative estimate of drug-likeness (QED) is 0.596. The first-order chi connectivity index (χ1) is 8.63. The van der Waals surface area contributed by atoms with Gasteiger partial charge in [0.25, 0.3) is 0 Å². The number of hydrogen-bond donors (Lipinski definition) is 1. The topological polar surface area (TPSA) is 29.1 Å². The van der Waals surface area contributed by atoms with Gasteiger partial charge in [-0.2, -0.15) is 0 Å². The molecule has 1 amide bonds. The number of unbranched alkanes of at least 4 members (excludes halogenated alkanes) is 2. The number of hydrogen-bond acceptors (Lipinski definition) is 1. The van der Waals surface area contributed by atoms with Crippen molar-refractivity contribution in [1.82, 2.24) is 5.32 Å². The second-order valence-electron chi connectivity index (χ2n) is 4.69. The highest BCUT2D eigenvalue weighted by Crippen LogP contribution is 2.10. The third-order valence-corrected chi connectivity index (χ3v) is 3.34. The molecule has 2 nitrogen and oxygen atoms in total. The van der Waals surface area contributed by atoms with Gasteiger partial charge < -0.3 is 5.32 Å². The van der Waals surface area contributed by atoms with E-state index in [0.29, 0.717) is 12.3 Å². The molecule has 1 aromatic carbocycles. The largest absolute Gasteiger partial charge is 0.356 e. The fourth-order valence-corrected chi connectivity index (χ4v) is 1.97. The predicted molar refractivity (Wildman–Crippen MR) is 77.2 cm³/mol. The summed E-state index contributed by atoms with van der Waals surface area (Å²) in [5.74, 6) is 0.806. The van der Waals surface area contributed by atoms with E-state index in [4.69, 9.17) is 11.6 Å². The third kappa shape index (κ3) is 5.54. The molecular formula is C15H22ClNO. The van der Waals surface area contributed by atoms with E-state index in [1.54, 1.807) is 0 Å². The van der Waals surface area contributed by atoms with Crippen LogP contribution in [0.1, 0.15) is 36.0 Å². The lowest BCUT2D eigenvalue weighted by atomic mass is 10.0. The highest BCUT2D eigenvalue weighted by molar-refractivity contribution is 6.17. The zero-order valence-corrected chi connectivity index (χ0v) is 12.0. The lowest BCUT2D eigenvalue weighted by molar-refractivity contribution is -0.120. The average Bonchev–Trinajstić information content (AvgIpc) is 2.34. The van der Waals surface area contributed by atoms with Crippen molar-refractivity contribution >= 4 is 17.5 Å². The smallest absolute Gasteiger partial charge is 0.224 e. The molecule has 1 N–H and O–H groups in total. The van der Waals surface area contributed by atoms with E-state index < -0.39 is 0 Å². The monoisotopic (exact) mass is 267 g/mol. The normalized spacial score (nSPS) is 10.4. The summed E-state index contributed by atoms with van der Waals surface area (Å²) in [6.45, 7) is 4.90. The van der Waals surface area contributed by atoms with Crippen LogP contribution in [0.5, 0.6) is 0 Å². The first-order valence-electron chi connectivity index (χ1n) is 6.52. The molecule has 1 aromatic rings. The van der Waals surface area contributed by atoms with Crippen LogP contribution >= 0.6 is 11.6 Å². The average molecular weight is 268 g/mol. The molecule has 0 spiro atoms. The molecule has 0 fully saturated rings. The van der Waals surface area contributed by atoms with Crippen LogP contribution in [0, 0.1) is 13.8 Å². The minimum Gasteiger partial charge on any atom is -0.356 e. The Bertz CT molecular complexity index is 390. The summed E-state index contributed by atoms with van der Waals surface area (Å²) >= 11 is 5.59. The van der Waals surface area contributed by atoms with Crippen LogP contribution in [-0.4, -0.2) is 18.3 Å². The summed E-state index contributed by atoms with van der Waals surface area (Å²) in [4.78, 5) is 11.7. The summed E-state index contributed by atoms with van der Waals surface area (Å²) in [6, 6.07) is 6.18. The maximum Gasteiger partial charge on any atom is 0.224 e. The van der Waals surface area contributed by atoms with E-state index in [2.05, 4.69) is 31.3 Å². The summed E-state index contributed by atoms with van der Waals surface area (Å²) in [7, 11) is 0. The van der Waals surface area contributed by atoms with E-state index >= 15 is 0 Å². The van der Waals surface area contributed by atoms with Gasteiger partial charge >= 0.3 is 0 Å². The summed E-state index contributed by atoms with van der Waals surface area (Å²) in [5.41, 5.74) is 3.58. The Morgan fingerprint density at radius 3 is 2.61 bits per heavy atom. The van der Waals surface area contributed by atoms with Crippen LogP contribution < -0.4 is 5.32 Å². The molecule has 0 unspecified atom stereocenters. The lowest BCUT2D eigenvalue weighted by Crippen LogP contribution is -2.26. The number of aryl methyl sites for hydroxylation is 2. The predicted octanol–water partition coefficient (Wildman–Crippen LogP) is 3.37. The van der Waals surface area contributed by atoms with Crippen LogP contribution in [-0.2, 0) is 11.2 Å². The van der Waals surface area contributed by atoms with Crippen molar-refractivity contribution in [3.63, 3.8) is 0 Å². The van der Waals surface area contributed by atoms with Crippen LogP contribution in [0.4, 0.5) is 0 Å². The van der Waals surface area contributed by atoms with Crippen molar-refractivity contribution in [1.29, 1.82) is 0 Å². The Kier molecular flexibility index (Phi) is 6.81. The van der Waals surface area contributed by atoms with E-state index in [9.17, 15) is 4.79 Å². The number of alkyl halides is 1. The summed E-state index contributed by atoms with van der Waals surface area (Å²) in [5, 5.41) is 2.94. The van der Waals surface area contributed by atoms with E-state index in [1.807, 2.05) is 6.07 Å². The van der Waals surface area contributed by atoms with Crippen LogP contribution in [0.25, 0.3) is 0 Å². The number of carbonyl (C=O) groups excluding carboxylic acids is 1. The molecule has 1 rings (SSSR count). The zero-order valence-electron chi connectivity index (χ0n) is 11.3. The number of halogens is 1. The Morgan fingerprint density at radius 1 is 1.17 bits per heavy atom. The van der Waals surface area contributed by atoms with Crippen molar-refractivity contribution in [3.8, 4) is 0 Å². The van der Waals surface area contributed by atoms with Gasteiger partial charge in [-0.15, -0.1) is 11.6 Å². The second kappa shape index (κ2) is 8.15. The van der Waals surface area contributed by atoms with Crippen LogP contribution in [0.2, 0.25) is 0 Å². The first kappa shape index (κ1) is 15.0. The molecule has 0 aromatic heterocycles. The number of carbonyl (C=O) groups is 1. The fraction of sp³-hybridized carbons (Fsp3) is 0.533. The molecule has 0 bridgehead atoms. The van der Waals surface area contributed by atoms with Gasteiger partial charge in [0.15, 0.2) is 0 Å². The number of amides is 1. The molecule has 0 saturated carbocycles. The van der Waals surface area contributed by atoms with Crippen LogP contribution in [0.15, 0.2) is 18.2 Å². The Morgan fingerprint density at radius 2 is 1.94 bits per heavy atom. The lowest BCUT2D eigenvalue weighted by Gasteiger charge is -2.07. The maximum atomic E-state index is 11.7. The molecule has 0 atom stereocenters. The van der Waals surface area contributed by atoms with Crippen molar-refractivity contribution in [3.05, 3.63) is 34.9 Å². The minimum absolute atomic E-state index is 0.101. The van der Waals surface area contributed by atoms with Gasteiger partial charge in [-0.3, -0.25) is 4.79 Å². The number of benzene rings is 1. The van der Waals surface area contributed by atoms with Crippen molar-refractivity contribution in [2.24, 2.45) is 0 Å². The van der Waals surface area contributed by atoms with E-state index in [1.165, 1.54) is 11.1 Å². The summed E-state index contributed by atoms with van der Waals surface area (Å²) in [6.07, 6.45) is 3.57. The zero-order chi connectivity index (χ0) is 13.4. The molecule has 18 heavy (non-hydrogen) atoms.